The summed E-state index contributed by atoms with van der Waals surface area (Å²) in [5, 5.41) is 12.1. The zero-order chi connectivity index (χ0) is 15.0. The monoisotopic (exact) mass is 363 g/mol. The molecule has 0 amide bonds. The third-order valence-corrected chi connectivity index (χ3v) is 4.71. The third-order valence-electron chi connectivity index (χ3n) is 3.05. The van der Waals surface area contributed by atoms with Gasteiger partial charge in [0.25, 0.3) is 0 Å². The van der Waals surface area contributed by atoms with Crippen molar-refractivity contribution < 1.29 is 14.7 Å². The fraction of sp³-hybridized carbons (Fsp3) is 0.0667. The Morgan fingerprint density at radius 2 is 1.90 bits per heavy atom. The molecule has 0 atom stereocenters. The van der Waals surface area contributed by atoms with E-state index in [1.807, 2.05) is 24.3 Å². The van der Waals surface area contributed by atoms with Crippen LogP contribution in [0.25, 0.3) is 0 Å². The lowest BCUT2D eigenvalue weighted by atomic mass is 10.00. The average molecular weight is 364 g/mol. The van der Waals surface area contributed by atoms with Gasteiger partial charge >= 0.3 is 0 Å². The van der Waals surface area contributed by atoms with E-state index in [1.165, 1.54) is 6.08 Å². The number of thiophene rings is 1. The van der Waals surface area contributed by atoms with Crippen LogP contribution in [0.1, 0.15) is 24.9 Å². The summed E-state index contributed by atoms with van der Waals surface area (Å²) in [5.74, 6) is -0.447. The van der Waals surface area contributed by atoms with Crippen LogP contribution in [-0.2, 0) is 6.61 Å². The lowest BCUT2D eigenvalue weighted by Crippen LogP contribution is -2.19. The molecular formula is C15H10BrNO3S. The van der Waals surface area contributed by atoms with E-state index in [0.29, 0.717) is 15.3 Å². The minimum atomic E-state index is -0.233. The number of allylic oxidation sites excluding steroid dienone is 2. The quantitative estimate of drug-likeness (QED) is 0.877. The van der Waals surface area contributed by atoms with Gasteiger partial charge in [0.15, 0.2) is 5.78 Å². The summed E-state index contributed by atoms with van der Waals surface area (Å²) in [6, 6.07) is 8.89. The van der Waals surface area contributed by atoms with Gasteiger partial charge in [-0.2, -0.15) is 0 Å². The molecule has 1 aliphatic rings. The van der Waals surface area contributed by atoms with Crippen molar-refractivity contribution in [3.63, 3.8) is 0 Å². The summed E-state index contributed by atoms with van der Waals surface area (Å²) < 4.78 is 0.931. The number of halogens is 1. The van der Waals surface area contributed by atoms with Crippen LogP contribution in [-0.4, -0.2) is 16.7 Å². The third kappa shape index (κ3) is 2.70. The van der Waals surface area contributed by atoms with Crippen molar-refractivity contribution in [3.8, 4) is 0 Å². The molecule has 0 radical (unpaired) electrons. The number of hydrogen-bond acceptors (Lipinski definition) is 5. The minimum Gasteiger partial charge on any atom is -0.391 e. The molecule has 2 aromatic rings. The molecule has 0 fully saturated rings. The molecule has 106 valence electrons. The number of aliphatic hydroxyl groups excluding tert-OH is 1. The van der Waals surface area contributed by atoms with Crippen molar-refractivity contribution in [2.45, 2.75) is 6.61 Å². The van der Waals surface area contributed by atoms with Crippen LogP contribution in [0, 0.1) is 0 Å². The summed E-state index contributed by atoms with van der Waals surface area (Å²) in [6.07, 6.45) is 1.31. The van der Waals surface area contributed by atoms with Gasteiger partial charge in [-0.1, -0.05) is 15.9 Å². The van der Waals surface area contributed by atoms with Gasteiger partial charge in [0.1, 0.15) is 0 Å². The Morgan fingerprint density at radius 3 is 2.57 bits per heavy atom. The normalized spacial score (nSPS) is 13.9. The first-order valence-electron chi connectivity index (χ1n) is 6.15. The molecule has 6 heteroatoms. The van der Waals surface area contributed by atoms with Gasteiger partial charge in [0, 0.05) is 26.7 Å². The van der Waals surface area contributed by atoms with Crippen molar-refractivity contribution in [2.75, 3.05) is 5.32 Å². The number of ketones is 2. The molecule has 0 saturated heterocycles. The van der Waals surface area contributed by atoms with Gasteiger partial charge in [-0.15, -0.1) is 11.3 Å². The Labute approximate surface area is 133 Å². The lowest BCUT2D eigenvalue weighted by Gasteiger charge is -2.13. The predicted molar refractivity (Wildman–Crippen MR) is 84.8 cm³/mol. The van der Waals surface area contributed by atoms with Crippen molar-refractivity contribution in [2.24, 2.45) is 0 Å². The van der Waals surface area contributed by atoms with Crippen LogP contribution in [0.4, 0.5) is 5.69 Å². The standard InChI is InChI=1S/C15H10BrNO3S/c16-8-1-3-9(4-2-8)17-12-6-13(19)15-11(14(12)20)5-10(7-18)21-15/h1-6,17-18H,7H2. The predicted octanol–water partition coefficient (Wildman–Crippen LogP) is 3.38. The topological polar surface area (TPSA) is 66.4 Å². The number of carbonyl (C=O) groups excluding carboxylic acids is 2. The van der Waals surface area contributed by atoms with Crippen LogP contribution < -0.4 is 5.32 Å². The van der Waals surface area contributed by atoms with Crippen LogP contribution in [0.5, 0.6) is 0 Å². The van der Waals surface area contributed by atoms with E-state index in [-0.39, 0.29) is 23.9 Å². The van der Waals surface area contributed by atoms with Gasteiger partial charge in [-0.05, 0) is 30.3 Å². The maximum Gasteiger partial charge on any atom is 0.210 e. The van der Waals surface area contributed by atoms with Crippen LogP contribution >= 0.6 is 27.3 Å². The summed E-state index contributed by atoms with van der Waals surface area (Å²) in [7, 11) is 0. The Balaban J connectivity index is 1.92. The van der Waals surface area contributed by atoms with Crippen molar-refractivity contribution in [1.29, 1.82) is 0 Å². The molecule has 1 heterocycles. The molecule has 0 bridgehead atoms. The first-order chi connectivity index (χ1) is 10.1. The minimum absolute atomic E-state index is 0.173. The van der Waals surface area contributed by atoms with Crippen LogP contribution in [0.15, 0.2) is 46.6 Å². The number of aliphatic hydroxyl groups is 1. The molecule has 0 spiro atoms. The SMILES string of the molecule is O=C1C(Nc2ccc(Br)cc2)=CC(=O)c2sc(CO)cc21. The fourth-order valence-electron chi connectivity index (χ4n) is 2.06. The van der Waals surface area contributed by atoms with E-state index in [1.54, 1.807) is 6.07 Å². The molecule has 4 nitrogen and oxygen atoms in total. The second-order valence-electron chi connectivity index (χ2n) is 4.50. The van der Waals surface area contributed by atoms with Gasteiger partial charge < -0.3 is 10.4 Å². The van der Waals surface area contributed by atoms with E-state index in [4.69, 9.17) is 5.11 Å². The highest BCUT2D eigenvalue weighted by atomic mass is 79.9. The highest BCUT2D eigenvalue weighted by Gasteiger charge is 2.28. The molecule has 0 unspecified atom stereocenters. The molecule has 2 N–H and O–H groups in total. The highest BCUT2D eigenvalue weighted by molar-refractivity contribution is 9.10. The van der Waals surface area contributed by atoms with Crippen molar-refractivity contribution in [3.05, 3.63) is 61.9 Å². The number of benzene rings is 1. The van der Waals surface area contributed by atoms with Gasteiger partial charge in [-0.25, -0.2) is 0 Å². The second-order valence-corrected chi connectivity index (χ2v) is 6.55. The zero-order valence-corrected chi connectivity index (χ0v) is 13.1. The van der Waals surface area contributed by atoms with Gasteiger partial charge in [-0.3, -0.25) is 9.59 Å². The number of hydrogen-bond donors (Lipinski definition) is 2. The van der Waals surface area contributed by atoms with E-state index >= 15 is 0 Å². The first-order valence-corrected chi connectivity index (χ1v) is 7.76. The molecule has 3 rings (SSSR count). The average Bonchev–Trinajstić information content (AvgIpc) is 2.92. The number of Topliss-reactive ketones (excluding diaryl/α,β-unsaturated/α-hetero) is 1. The molecule has 0 aliphatic heterocycles. The van der Waals surface area contributed by atoms with E-state index in [9.17, 15) is 9.59 Å². The Morgan fingerprint density at radius 1 is 1.19 bits per heavy atom. The summed E-state index contributed by atoms with van der Waals surface area (Å²) in [5.41, 5.74) is 1.33. The molecule has 1 aromatic carbocycles. The van der Waals surface area contributed by atoms with Crippen molar-refractivity contribution in [1.82, 2.24) is 0 Å². The number of nitrogens with one attached hydrogen (secondary N) is 1. The van der Waals surface area contributed by atoms with Crippen molar-refractivity contribution >= 4 is 44.5 Å². The van der Waals surface area contributed by atoms with Crippen LogP contribution in [0.2, 0.25) is 0 Å². The Bertz CT molecular complexity index is 762. The van der Waals surface area contributed by atoms with E-state index < -0.39 is 0 Å². The Hall–Kier alpha value is -1.76. The molecular weight excluding hydrogens is 354 g/mol. The van der Waals surface area contributed by atoms with E-state index in [0.717, 1.165) is 21.5 Å². The molecule has 0 saturated carbocycles. The molecule has 1 aliphatic carbocycles. The number of fused-ring (bicyclic) bond motifs is 1. The largest absolute Gasteiger partial charge is 0.391 e. The summed E-state index contributed by atoms with van der Waals surface area (Å²) in [6.45, 7) is -0.173. The highest BCUT2D eigenvalue weighted by Crippen LogP contribution is 2.30. The van der Waals surface area contributed by atoms with Crippen LogP contribution in [0.3, 0.4) is 0 Å². The number of rotatable bonds is 3. The lowest BCUT2D eigenvalue weighted by molar-refractivity contribution is 0.0988. The maximum absolute atomic E-state index is 12.4. The fourth-order valence-corrected chi connectivity index (χ4v) is 3.25. The molecule has 1 aromatic heterocycles. The smallest absolute Gasteiger partial charge is 0.210 e. The van der Waals surface area contributed by atoms with Gasteiger partial charge in [0.05, 0.1) is 17.2 Å². The summed E-state index contributed by atoms with van der Waals surface area (Å²) >= 11 is 4.50. The van der Waals surface area contributed by atoms with Gasteiger partial charge in [0.2, 0.25) is 5.78 Å². The Kier molecular flexibility index (Phi) is 3.75. The van der Waals surface area contributed by atoms with E-state index in [2.05, 4.69) is 21.2 Å². The second kappa shape index (κ2) is 5.55. The maximum atomic E-state index is 12.4. The number of carbonyl (C=O) groups is 2. The summed E-state index contributed by atoms with van der Waals surface area (Å²) in [4.78, 5) is 25.5. The zero-order valence-electron chi connectivity index (χ0n) is 10.7. The number of anilines is 1. The first kappa shape index (κ1) is 14.2. The molecule has 21 heavy (non-hydrogen) atoms.